The number of carbonyl (C=O) groups is 2. The summed E-state index contributed by atoms with van der Waals surface area (Å²) in [4.78, 5) is 25.9. The number of amides is 1. The molecule has 0 radical (unpaired) electrons. The second-order valence-electron chi connectivity index (χ2n) is 6.04. The largest absolute Gasteiger partial charge is 0.480 e. The van der Waals surface area contributed by atoms with E-state index in [-0.39, 0.29) is 11.9 Å². The molecule has 3 atom stereocenters. The minimum atomic E-state index is -0.901. The Morgan fingerprint density at radius 3 is 2.71 bits per heavy atom. The highest BCUT2D eigenvalue weighted by Gasteiger charge is 2.47. The minimum absolute atomic E-state index is 0.0637. The summed E-state index contributed by atoms with van der Waals surface area (Å²) in [5.74, 6) is -0.782. The summed E-state index contributed by atoms with van der Waals surface area (Å²) in [7, 11) is 0. The van der Waals surface area contributed by atoms with Crippen molar-refractivity contribution in [3.8, 4) is 0 Å². The quantitative estimate of drug-likeness (QED) is 0.817. The van der Waals surface area contributed by atoms with Crippen molar-refractivity contribution in [3.05, 3.63) is 29.8 Å². The van der Waals surface area contributed by atoms with E-state index >= 15 is 0 Å². The lowest BCUT2D eigenvalue weighted by molar-refractivity contribution is -0.141. The molecule has 1 amide bonds. The Morgan fingerprint density at radius 2 is 2.00 bits per heavy atom. The number of carbonyl (C=O) groups excluding carboxylic acids is 1. The highest BCUT2D eigenvalue weighted by Crippen LogP contribution is 2.40. The van der Waals surface area contributed by atoms with Crippen molar-refractivity contribution in [2.24, 2.45) is 5.92 Å². The van der Waals surface area contributed by atoms with Crippen molar-refractivity contribution in [3.63, 3.8) is 0 Å². The van der Waals surface area contributed by atoms with Crippen molar-refractivity contribution < 1.29 is 14.7 Å². The number of aliphatic carboxylic acids is 1. The first-order chi connectivity index (χ1) is 10.1. The third-order valence-electron chi connectivity index (χ3n) is 4.74. The van der Waals surface area contributed by atoms with Crippen molar-refractivity contribution in [1.82, 2.24) is 4.90 Å². The Bertz CT molecular complexity index is 572. The summed E-state index contributed by atoms with van der Waals surface area (Å²) in [6.07, 6.45) is 4.70. The monoisotopic (exact) mass is 288 g/mol. The summed E-state index contributed by atoms with van der Waals surface area (Å²) in [6.45, 7) is 0. The summed E-state index contributed by atoms with van der Waals surface area (Å²) in [5.41, 5.74) is 6.73. The molecule has 0 bridgehead atoms. The van der Waals surface area contributed by atoms with Crippen molar-refractivity contribution in [1.29, 1.82) is 0 Å². The second kappa shape index (κ2) is 5.39. The van der Waals surface area contributed by atoms with Gasteiger partial charge in [-0.2, -0.15) is 0 Å². The topological polar surface area (TPSA) is 83.6 Å². The third kappa shape index (κ3) is 2.48. The molecule has 5 heteroatoms. The molecule has 0 spiro atoms. The molecule has 1 aromatic rings. The smallest absolute Gasteiger partial charge is 0.326 e. The molecule has 2 aliphatic rings. The van der Waals surface area contributed by atoms with E-state index in [4.69, 9.17) is 5.73 Å². The first kappa shape index (κ1) is 13.9. The van der Waals surface area contributed by atoms with Crippen LogP contribution >= 0.6 is 0 Å². The predicted octanol–water partition coefficient (Wildman–Crippen LogP) is 2.13. The summed E-state index contributed by atoms with van der Waals surface area (Å²) < 4.78 is 0. The molecule has 21 heavy (non-hydrogen) atoms. The zero-order chi connectivity index (χ0) is 15.0. The van der Waals surface area contributed by atoms with Crippen LogP contribution < -0.4 is 5.73 Å². The van der Waals surface area contributed by atoms with E-state index in [1.807, 2.05) is 0 Å². The van der Waals surface area contributed by atoms with Gasteiger partial charge >= 0.3 is 5.97 Å². The zero-order valence-corrected chi connectivity index (χ0v) is 11.9. The van der Waals surface area contributed by atoms with Gasteiger partial charge in [-0.05, 0) is 43.4 Å². The van der Waals surface area contributed by atoms with Gasteiger partial charge in [0.15, 0.2) is 0 Å². The molecular weight excluding hydrogens is 268 g/mol. The Kier molecular flexibility index (Phi) is 3.57. The van der Waals surface area contributed by atoms with Gasteiger partial charge in [-0.1, -0.05) is 18.9 Å². The number of anilines is 1. The van der Waals surface area contributed by atoms with Gasteiger partial charge in [0.05, 0.1) is 0 Å². The molecule has 5 nitrogen and oxygen atoms in total. The SMILES string of the molecule is Nc1cccc(C(=O)N2C(C(=O)O)CC3CCCCC32)c1. The number of hydrogen-bond acceptors (Lipinski definition) is 3. The molecule has 3 unspecified atom stereocenters. The van der Waals surface area contributed by atoms with Crippen molar-refractivity contribution >= 4 is 17.6 Å². The Balaban J connectivity index is 1.92. The van der Waals surface area contributed by atoms with Gasteiger partial charge in [-0.3, -0.25) is 4.79 Å². The van der Waals surface area contributed by atoms with Gasteiger partial charge in [0.1, 0.15) is 6.04 Å². The van der Waals surface area contributed by atoms with Crippen LogP contribution in [0.1, 0.15) is 42.5 Å². The summed E-state index contributed by atoms with van der Waals surface area (Å²) in [5, 5.41) is 9.46. The van der Waals surface area contributed by atoms with E-state index in [1.165, 1.54) is 0 Å². The molecule has 1 aromatic carbocycles. The number of nitrogen functional groups attached to an aromatic ring is 1. The van der Waals surface area contributed by atoms with Crippen molar-refractivity contribution in [2.75, 3.05) is 5.73 Å². The lowest BCUT2D eigenvalue weighted by Gasteiger charge is -2.33. The fourth-order valence-electron chi connectivity index (χ4n) is 3.79. The number of rotatable bonds is 2. The molecule has 1 heterocycles. The Morgan fingerprint density at radius 1 is 1.24 bits per heavy atom. The first-order valence-electron chi connectivity index (χ1n) is 7.49. The maximum Gasteiger partial charge on any atom is 0.326 e. The van der Waals surface area contributed by atoms with Crippen LogP contribution in [0.15, 0.2) is 24.3 Å². The number of fused-ring (bicyclic) bond motifs is 1. The van der Waals surface area contributed by atoms with E-state index in [0.717, 1.165) is 25.7 Å². The molecule has 0 aromatic heterocycles. The Labute approximate surface area is 123 Å². The summed E-state index contributed by atoms with van der Waals surface area (Å²) in [6, 6.07) is 6.14. The van der Waals surface area contributed by atoms with E-state index in [1.54, 1.807) is 29.2 Å². The lowest BCUT2D eigenvalue weighted by atomic mass is 9.84. The van der Waals surface area contributed by atoms with Crippen LogP contribution in [-0.4, -0.2) is 34.0 Å². The average Bonchev–Trinajstić information content (AvgIpc) is 2.86. The molecule has 3 rings (SSSR count). The van der Waals surface area contributed by atoms with Crippen LogP contribution in [0, 0.1) is 5.92 Å². The van der Waals surface area contributed by atoms with E-state index < -0.39 is 12.0 Å². The number of carboxylic acid groups (broad SMARTS) is 1. The van der Waals surface area contributed by atoms with Gasteiger partial charge in [-0.15, -0.1) is 0 Å². The minimum Gasteiger partial charge on any atom is -0.480 e. The number of likely N-dealkylation sites (tertiary alicyclic amines) is 1. The molecular formula is C16H20N2O3. The standard InChI is InChI=1S/C16H20N2O3/c17-12-6-3-5-11(8-12)15(19)18-13-7-2-1-4-10(13)9-14(18)16(20)21/h3,5-6,8,10,13-14H,1-2,4,7,9,17H2,(H,20,21). The number of nitrogens with two attached hydrogens (primary N) is 1. The van der Waals surface area contributed by atoms with E-state index in [0.29, 0.717) is 23.6 Å². The fourth-order valence-corrected chi connectivity index (χ4v) is 3.79. The third-order valence-corrected chi connectivity index (χ3v) is 4.74. The first-order valence-corrected chi connectivity index (χ1v) is 7.49. The molecule has 1 saturated carbocycles. The van der Waals surface area contributed by atoms with E-state index in [9.17, 15) is 14.7 Å². The van der Waals surface area contributed by atoms with Gasteiger partial charge in [0, 0.05) is 17.3 Å². The van der Waals surface area contributed by atoms with Gasteiger partial charge in [0.25, 0.3) is 5.91 Å². The van der Waals surface area contributed by atoms with Crippen LogP contribution in [0.2, 0.25) is 0 Å². The molecule has 2 fully saturated rings. The maximum absolute atomic E-state index is 12.8. The maximum atomic E-state index is 12.8. The number of benzene rings is 1. The average molecular weight is 288 g/mol. The summed E-state index contributed by atoms with van der Waals surface area (Å²) >= 11 is 0. The van der Waals surface area contributed by atoms with Crippen molar-refractivity contribution in [2.45, 2.75) is 44.2 Å². The Hall–Kier alpha value is -2.04. The molecule has 112 valence electrons. The lowest BCUT2D eigenvalue weighted by Crippen LogP contribution is -2.46. The number of hydrogen-bond donors (Lipinski definition) is 2. The van der Waals surface area contributed by atoms with Crippen LogP contribution in [0.5, 0.6) is 0 Å². The normalized spacial score (nSPS) is 28.2. The van der Waals surface area contributed by atoms with Crippen LogP contribution in [0.3, 0.4) is 0 Å². The van der Waals surface area contributed by atoms with Gasteiger partial charge in [-0.25, -0.2) is 4.79 Å². The highest BCUT2D eigenvalue weighted by atomic mass is 16.4. The highest BCUT2D eigenvalue weighted by molar-refractivity contribution is 5.98. The second-order valence-corrected chi connectivity index (χ2v) is 6.04. The van der Waals surface area contributed by atoms with Crippen LogP contribution in [0.4, 0.5) is 5.69 Å². The zero-order valence-electron chi connectivity index (χ0n) is 11.9. The molecule has 1 aliphatic carbocycles. The fraction of sp³-hybridized carbons (Fsp3) is 0.500. The van der Waals surface area contributed by atoms with Gasteiger partial charge in [0.2, 0.25) is 0 Å². The van der Waals surface area contributed by atoms with Crippen LogP contribution in [0.25, 0.3) is 0 Å². The van der Waals surface area contributed by atoms with E-state index in [2.05, 4.69) is 0 Å². The van der Waals surface area contributed by atoms with Gasteiger partial charge < -0.3 is 15.7 Å². The predicted molar refractivity (Wildman–Crippen MR) is 78.8 cm³/mol. The van der Waals surface area contributed by atoms with Crippen LogP contribution in [-0.2, 0) is 4.79 Å². The number of carboxylic acids is 1. The molecule has 3 N–H and O–H groups in total. The molecule has 1 saturated heterocycles. The number of nitrogens with zero attached hydrogens (tertiary/aromatic N) is 1. The molecule has 1 aliphatic heterocycles.